The fourth-order valence-electron chi connectivity index (χ4n) is 1.87. The van der Waals surface area contributed by atoms with Gasteiger partial charge in [-0.05, 0) is 24.2 Å². The molecule has 0 aromatic carbocycles. The Morgan fingerprint density at radius 1 is 1.31 bits per heavy atom. The minimum atomic E-state index is -0.315. The third-order valence-corrected chi connectivity index (χ3v) is 4.51. The van der Waals surface area contributed by atoms with Crippen molar-refractivity contribution in [1.29, 1.82) is 0 Å². The minimum Gasteiger partial charge on any atom is -0.393 e. The summed E-state index contributed by atoms with van der Waals surface area (Å²) in [5.74, 6) is 0. The van der Waals surface area contributed by atoms with Gasteiger partial charge in [-0.2, -0.15) is 0 Å². The maximum absolute atomic E-state index is 9.70. The van der Waals surface area contributed by atoms with Gasteiger partial charge < -0.3 is 5.11 Å². The molecule has 0 spiro atoms. The molecule has 1 aliphatic rings. The summed E-state index contributed by atoms with van der Waals surface area (Å²) >= 11 is 0. The zero-order valence-corrected chi connectivity index (χ0v) is 11.5. The molecule has 0 aromatic heterocycles. The third-order valence-electron chi connectivity index (χ3n) is 4.51. The molecule has 0 saturated carbocycles. The molecular weight excluding hydrogens is 196 g/mol. The summed E-state index contributed by atoms with van der Waals surface area (Å²) in [4.78, 5) is 0. The van der Waals surface area contributed by atoms with Gasteiger partial charge in [0, 0.05) is 5.41 Å². The highest BCUT2D eigenvalue weighted by molar-refractivity contribution is 5.21. The summed E-state index contributed by atoms with van der Waals surface area (Å²) in [7, 11) is 0. The zero-order chi connectivity index (χ0) is 12.6. The van der Waals surface area contributed by atoms with Gasteiger partial charge in [0.1, 0.15) is 0 Å². The molecule has 1 unspecified atom stereocenters. The maximum atomic E-state index is 9.70. The Morgan fingerprint density at radius 2 is 1.88 bits per heavy atom. The van der Waals surface area contributed by atoms with E-state index in [2.05, 4.69) is 58.9 Å². The topological polar surface area (TPSA) is 20.2 Å². The lowest BCUT2D eigenvalue weighted by atomic mass is 9.68. The molecule has 0 amide bonds. The molecule has 92 valence electrons. The Morgan fingerprint density at radius 3 is 2.25 bits per heavy atom. The Balaban J connectivity index is 2.86. The van der Waals surface area contributed by atoms with Crippen LogP contribution in [0.5, 0.6) is 0 Å². The lowest BCUT2D eigenvalue weighted by Crippen LogP contribution is -2.30. The van der Waals surface area contributed by atoms with Gasteiger partial charge in [0.2, 0.25) is 0 Å². The number of aliphatic hydroxyl groups is 1. The maximum Gasteiger partial charge on any atom is 0.0597 e. The average molecular weight is 222 g/mol. The number of hydrogen-bond donors (Lipinski definition) is 1. The summed E-state index contributed by atoms with van der Waals surface area (Å²) < 4.78 is 0. The first-order chi connectivity index (χ1) is 7.11. The lowest BCUT2D eigenvalue weighted by Gasteiger charge is -2.37. The van der Waals surface area contributed by atoms with Crippen molar-refractivity contribution in [2.24, 2.45) is 16.2 Å². The van der Waals surface area contributed by atoms with Crippen LogP contribution in [-0.2, 0) is 0 Å². The summed E-state index contributed by atoms with van der Waals surface area (Å²) in [6.07, 6.45) is 9.80. The van der Waals surface area contributed by atoms with E-state index in [9.17, 15) is 5.11 Å². The van der Waals surface area contributed by atoms with E-state index in [4.69, 9.17) is 0 Å². The fraction of sp³-hybridized carbons (Fsp3) is 0.733. The van der Waals surface area contributed by atoms with E-state index >= 15 is 0 Å². The van der Waals surface area contributed by atoms with E-state index < -0.39 is 0 Å². The highest BCUT2D eigenvalue weighted by atomic mass is 16.3. The number of rotatable bonds is 3. The molecule has 0 fully saturated rings. The standard InChI is InChI=1S/C15H26O/c1-12(16)13(2,3)10-11-15(6)9-7-8-14(15,4)5/h7-8,10-12,16H,9H2,1-6H3/b11-10+/t12?,15-/m1/s1. The van der Waals surface area contributed by atoms with Gasteiger partial charge in [0.15, 0.2) is 0 Å². The second-order valence-electron chi connectivity index (χ2n) is 6.58. The summed E-state index contributed by atoms with van der Waals surface area (Å²) in [6, 6.07) is 0. The van der Waals surface area contributed by atoms with Crippen molar-refractivity contribution in [3.63, 3.8) is 0 Å². The molecule has 1 rings (SSSR count). The SMILES string of the molecule is CC(O)C(C)(C)/C=C/[C@@]1(C)CC=CC1(C)C. The molecule has 1 heteroatoms. The van der Waals surface area contributed by atoms with Crippen LogP contribution < -0.4 is 0 Å². The summed E-state index contributed by atoms with van der Waals surface area (Å²) in [5, 5.41) is 9.70. The smallest absolute Gasteiger partial charge is 0.0597 e. The van der Waals surface area contributed by atoms with Crippen molar-refractivity contribution in [1.82, 2.24) is 0 Å². The monoisotopic (exact) mass is 222 g/mol. The first kappa shape index (κ1) is 13.5. The Kier molecular flexibility index (Phi) is 3.40. The van der Waals surface area contributed by atoms with Crippen LogP contribution >= 0.6 is 0 Å². The predicted molar refractivity (Wildman–Crippen MR) is 70.2 cm³/mol. The molecule has 0 bridgehead atoms. The minimum absolute atomic E-state index is 0.151. The third kappa shape index (κ3) is 2.40. The molecule has 1 nitrogen and oxygen atoms in total. The predicted octanol–water partition coefficient (Wildman–Crippen LogP) is 3.94. The van der Waals surface area contributed by atoms with Crippen LogP contribution in [0.15, 0.2) is 24.3 Å². The van der Waals surface area contributed by atoms with Crippen LogP contribution in [0.3, 0.4) is 0 Å². The van der Waals surface area contributed by atoms with E-state index in [0.29, 0.717) is 0 Å². The largest absolute Gasteiger partial charge is 0.393 e. The van der Waals surface area contributed by atoms with Gasteiger partial charge in [-0.15, -0.1) is 0 Å². The number of hydrogen-bond acceptors (Lipinski definition) is 1. The first-order valence-electron chi connectivity index (χ1n) is 6.17. The van der Waals surface area contributed by atoms with Crippen LogP contribution in [0.25, 0.3) is 0 Å². The van der Waals surface area contributed by atoms with Crippen molar-refractivity contribution < 1.29 is 5.11 Å². The van der Waals surface area contributed by atoms with Gasteiger partial charge in [-0.3, -0.25) is 0 Å². The Labute approximate surface area is 100 Å². The van der Waals surface area contributed by atoms with Gasteiger partial charge in [0.05, 0.1) is 6.10 Å². The normalized spacial score (nSPS) is 31.2. The van der Waals surface area contributed by atoms with Gasteiger partial charge in [-0.1, -0.05) is 58.9 Å². The second-order valence-corrected chi connectivity index (χ2v) is 6.58. The van der Waals surface area contributed by atoms with Crippen LogP contribution in [0.2, 0.25) is 0 Å². The van der Waals surface area contributed by atoms with Crippen molar-refractivity contribution in [2.75, 3.05) is 0 Å². The molecular formula is C15H26O. The van der Waals surface area contributed by atoms with Crippen molar-refractivity contribution in [3.8, 4) is 0 Å². The fourth-order valence-corrected chi connectivity index (χ4v) is 1.87. The average Bonchev–Trinajstić information content (AvgIpc) is 2.39. The lowest BCUT2D eigenvalue weighted by molar-refractivity contribution is 0.0979. The molecule has 0 saturated heterocycles. The van der Waals surface area contributed by atoms with Crippen molar-refractivity contribution >= 4 is 0 Å². The second kappa shape index (κ2) is 4.03. The summed E-state index contributed by atoms with van der Waals surface area (Å²) in [5.41, 5.74) is 0.235. The van der Waals surface area contributed by atoms with Crippen LogP contribution in [0, 0.1) is 16.2 Å². The number of allylic oxidation sites excluding steroid dienone is 3. The van der Waals surface area contributed by atoms with E-state index in [0.717, 1.165) is 6.42 Å². The van der Waals surface area contributed by atoms with E-state index in [1.54, 1.807) is 0 Å². The molecule has 1 N–H and O–H groups in total. The zero-order valence-electron chi connectivity index (χ0n) is 11.5. The Hall–Kier alpha value is -0.560. The first-order valence-corrected chi connectivity index (χ1v) is 6.17. The van der Waals surface area contributed by atoms with Gasteiger partial charge >= 0.3 is 0 Å². The molecule has 0 aromatic rings. The highest BCUT2D eigenvalue weighted by Crippen LogP contribution is 2.49. The molecule has 1 aliphatic carbocycles. The summed E-state index contributed by atoms with van der Waals surface area (Å²) in [6.45, 7) is 12.8. The molecule has 2 atom stereocenters. The van der Waals surface area contributed by atoms with Gasteiger partial charge in [0.25, 0.3) is 0 Å². The molecule has 0 aliphatic heterocycles. The van der Waals surface area contributed by atoms with Crippen LogP contribution in [0.1, 0.15) is 48.0 Å². The molecule has 0 radical (unpaired) electrons. The van der Waals surface area contributed by atoms with Crippen molar-refractivity contribution in [2.45, 2.75) is 54.1 Å². The van der Waals surface area contributed by atoms with Crippen molar-refractivity contribution in [3.05, 3.63) is 24.3 Å². The molecule has 0 heterocycles. The van der Waals surface area contributed by atoms with E-state index in [1.807, 2.05) is 6.92 Å². The van der Waals surface area contributed by atoms with Crippen LogP contribution in [-0.4, -0.2) is 11.2 Å². The van der Waals surface area contributed by atoms with Crippen LogP contribution in [0.4, 0.5) is 0 Å². The van der Waals surface area contributed by atoms with E-state index in [-0.39, 0.29) is 22.3 Å². The number of aliphatic hydroxyl groups excluding tert-OH is 1. The van der Waals surface area contributed by atoms with E-state index in [1.165, 1.54) is 0 Å². The van der Waals surface area contributed by atoms with Gasteiger partial charge in [-0.25, -0.2) is 0 Å². The Bertz CT molecular complexity index is 307. The molecule has 16 heavy (non-hydrogen) atoms. The quantitative estimate of drug-likeness (QED) is 0.717. The highest BCUT2D eigenvalue weighted by Gasteiger charge is 2.40.